The molecule has 4 rings (SSSR count). The fourth-order valence-corrected chi connectivity index (χ4v) is 5.10. The van der Waals surface area contributed by atoms with Gasteiger partial charge in [-0.3, -0.25) is 0 Å². The molecule has 0 bridgehead atoms. The van der Waals surface area contributed by atoms with Crippen LogP contribution in [0.3, 0.4) is 0 Å². The van der Waals surface area contributed by atoms with Gasteiger partial charge in [-0.25, -0.2) is 0 Å². The molecule has 0 amide bonds. The van der Waals surface area contributed by atoms with Crippen molar-refractivity contribution in [2.45, 2.75) is 116 Å². The first-order valence-corrected chi connectivity index (χ1v) is 14.1. The highest BCUT2D eigenvalue weighted by molar-refractivity contribution is 4.96. The number of hydrogen-bond acceptors (Lipinski definition) is 22. The van der Waals surface area contributed by atoms with Gasteiger partial charge in [-0.15, -0.1) is 0 Å². The summed E-state index contributed by atoms with van der Waals surface area (Å²) in [5.74, 6) is -2.38. The van der Waals surface area contributed by atoms with Crippen molar-refractivity contribution in [3.8, 4) is 0 Å². The van der Waals surface area contributed by atoms with Crippen molar-refractivity contribution in [2.24, 2.45) is 0 Å². The largest absolute Gasteiger partial charge is 0.394 e. The molecule has 4 aliphatic rings. The number of rotatable bonds is 8. The van der Waals surface area contributed by atoms with Gasteiger partial charge in [0, 0.05) is 0 Å². The smallest absolute Gasteiger partial charge is 0.219 e. The second-order valence-electron chi connectivity index (χ2n) is 11.2. The normalized spacial score (nSPS) is 51.7. The quantitative estimate of drug-likeness (QED) is 0.113. The maximum atomic E-state index is 10.1. The van der Waals surface area contributed by atoms with E-state index in [4.69, 9.17) is 38.6 Å². The van der Waals surface area contributed by atoms with Crippen LogP contribution in [-0.4, -0.2) is 231 Å². The molecule has 16 N–H and O–H groups in total. The minimum Gasteiger partial charge on any atom is -0.394 e. The molecule has 4 heterocycles. The molecule has 4 saturated heterocycles. The Kier molecular flexibility index (Phi) is 14.3. The third-order valence-corrected chi connectivity index (χ3v) is 7.99. The second kappa shape index (κ2) is 16.7. The molecule has 4 fully saturated rings. The van der Waals surface area contributed by atoms with E-state index < -0.39 is 149 Å². The predicted octanol–water partition coefficient (Wildman–Crippen LogP) is -10.8. The summed E-state index contributed by atoms with van der Waals surface area (Å²) in [7, 11) is 0. The average Bonchev–Trinajstić information content (AvgIpc) is 3.05. The van der Waals surface area contributed by atoms with Crippen LogP contribution in [0.25, 0.3) is 0 Å². The van der Waals surface area contributed by atoms with E-state index in [1.165, 1.54) is 0 Å². The molecule has 22 nitrogen and oxygen atoms in total. The van der Waals surface area contributed by atoms with Crippen molar-refractivity contribution >= 4 is 0 Å². The zero-order chi connectivity index (χ0) is 34.7. The Morgan fingerprint density at radius 3 is 1.46 bits per heavy atom. The highest BCUT2D eigenvalue weighted by Gasteiger charge is 2.54. The molecule has 0 aromatic rings. The topological polar surface area (TPSA) is 379 Å². The molecule has 0 aromatic carbocycles. The molecule has 19 atom stereocenters. The van der Waals surface area contributed by atoms with Gasteiger partial charge in [0.15, 0.2) is 18.9 Å². The van der Waals surface area contributed by atoms with Crippen LogP contribution in [0.1, 0.15) is 0 Å². The van der Waals surface area contributed by atoms with E-state index in [0.29, 0.717) is 0 Å². The van der Waals surface area contributed by atoms with Gasteiger partial charge in [-0.05, 0) is 0 Å². The summed E-state index contributed by atoms with van der Waals surface area (Å²) >= 11 is 0. The molecule has 22 heteroatoms. The third-order valence-electron chi connectivity index (χ3n) is 7.99. The van der Waals surface area contributed by atoms with Crippen molar-refractivity contribution < 1.29 is 110 Å². The summed E-state index contributed by atoms with van der Waals surface area (Å²) in [5.41, 5.74) is 0. The molecule has 272 valence electrons. The highest BCUT2D eigenvalue weighted by Crippen LogP contribution is 2.31. The van der Waals surface area contributed by atoms with Crippen LogP contribution in [0.4, 0.5) is 0 Å². The fourth-order valence-electron chi connectivity index (χ4n) is 5.10. The SMILES string of the molecule is OC[C@H]1O[C@@H](O[C@H]2[C@H](O)[C@@H](O)[C@H](O)O[C@@H]2CO)[C@H](O)[C@@H](O)[C@@H]1O.OC[C@H]1O[C@H](O[C@H]2[C@H](O)[C@H](O)CO[C@@]2(O)CO)[C@H](O)[C@@H](O)[C@@H]1O. The van der Waals surface area contributed by atoms with Gasteiger partial charge in [-0.1, -0.05) is 0 Å². The first-order chi connectivity index (χ1) is 21.6. The van der Waals surface area contributed by atoms with Crippen LogP contribution in [0.2, 0.25) is 0 Å². The molecular formula is C24H44O22. The summed E-state index contributed by atoms with van der Waals surface area (Å²) in [4.78, 5) is 0. The Balaban J connectivity index is 0.000000250. The second-order valence-corrected chi connectivity index (χ2v) is 11.2. The van der Waals surface area contributed by atoms with Gasteiger partial charge >= 0.3 is 0 Å². The first kappa shape index (κ1) is 39.6. The van der Waals surface area contributed by atoms with Crippen LogP contribution in [0.15, 0.2) is 0 Å². The van der Waals surface area contributed by atoms with Crippen LogP contribution in [0, 0.1) is 0 Å². The lowest BCUT2D eigenvalue weighted by molar-refractivity contribution is -0.387. The van der Waals surface area contributed by atoms with Crippen molar-refractivity contribution in [1.29, 1.82) is 0 Å². The van der Waals surface area contributed by atoms with Crippen LogP contribution in [0.5, 0.6) is 0 Å². The molecule has 0 aliphatic carbocycles. The van der Waals surface area contributed by atoms with Crippen LogP contribution in [-0.2, 0) is 28.4 Å². The monoisotopic (exact) mass is 684 g/mol. The van der Waals surface area contributed by atoms with Gasteiger partial charge in [0.05, 0.1) is 33.0 Å². The summed E-state index contributed by atoms with van der Waals surface area (Å²) in [5, 5.41) is 154. The van der Waals surface area contributed by atoms with E-state index in [9.17, 15) is 71.5 Å². The van der Waals surface area contributed by atoms with E-state index >= 15 is 0 Å². The molecule has 0 radical (unpaired) electrons. The summed E-state index contributed by atoms with van der Waals surface area (Å²) < 4.78 is 30.4. The summed E-state index contributed by atoms with van der Waals surface area (Å²) in [6.45, 7) is -3.49. The molecule has 4 aliphatic heterocycles. The standard InChI is InChI=1S/2C12H22O11/c13-1-5-7(17)8(18)9(19)11(22-5)23-10-6(16)4(15)2-21-12(10,20)3-14;13-1-3-5(15)6(16)9(19)12(22-3)23-10-4(2-14)21-11(20)8(18)7(10)17/h4-11,13-20H,1-3H2;3-20H,1-2H2/t4-,5-,6-,7-,8+,9-,10+,11-,12+;3-,4-,5-,6+,7-,8-,9-,10-,11-,12+/m11/s1. The van der Waals surface area contributed by atoms with Crippen molar-refractivity contribution in [2.75, 3.05) is 33.0 Å². The summed E-state index contributed by atoms with van der Waals surface area (Å²) in [6.07, 6.45) is -28.4. The number of aliphatic hydroxyl groups excluding tert-OH is 15. The minimum absolute atomic E-state index is 0.466. The van der Waals surface area contributed by atoms with Gasteiger partial charge in [0.1, 0.15) is 91.6 Å². The lowest BCUT2D eigenvalue weighted by Crippen LogP contribution is -2.67. The van der Waals surface area contributed by atoms with Crippen molar-refractivity contribution in [3.05, 3.63) is 0 Å². The third kappa shape index (κ3) is 8.28. The number of ether oxygens (including phenoxy) is 6. The maximum Gasteiger partial charge on any atom is 0.219 e. The Hall–Kier alpha value is -0.880. The maximum absolute atomic E-state index is 10.1. The van der Waals surface area contributed by atoms with E-state index in [-0.39, 0.29) is 0 Å². The molecule has 46 heavy (non-hydrogen) atoms. The van der Waals surface area contributed by atoms with Crippen LogP contribution >= 0.6 is 0 Å². The Bertz CT molecular complexity index is 913. The van der Waals surface area contributed by atoms with Gasteiger partial charge in [-0.2, -0.15) is 0 Å². The zero-order valence-corrected chi connectivity index (χ0v) is 24.0. The minimum atomic E-state index is -2.38. The van der Waals surface area contributed by atoms with Crippen molar-refractivity contribution in [3.63, 3.8) is 0 Å². The van der Waals surface area contributed by atoms with E-state index in [1.807, 2.05) is 0 Å². The van der Waals surface area contributed by atoms with Gasteiger partial charge < -0.3 is 110 Å². The van der Waals surface area contributed by atoms with E-state index in [1.54, 1.807) is 0 Å². The molecule has 0 aromatic heterocycles. The summed E-state index contributed by atoms with van der Waals surface area (Å²) in [6, 6.07) is 0. The van der Waals surface area contributed by atoms with Gasteiger partial charge in [0.2, 0.25) is 5.79 Å². The van der Waals surface area contributed by atoms with E-state index in [0.717, 1.165) is 0 Å². The Morgan fingerprint density at radius 1 is 0.522 bits per heavy atom. The average molecular weight is 685 g/mol. The van der Waals surface area contributed by atoms with Gasteiger partial charge in [0.25, 0.3) is 0 Å². The van der Waals surface area contributed by atoms with Crippen LogP contribution < -0.4 is 0 Å². The first-order valence-electron chi connectivity index (χ1n) is 14.1. The fraction of sp³-hybridized carbons (Fsp3) is 1.00. The predicted molar refractivity (Wildman–Crippen MR) is 137 cm³/mol. The van der Waals surface area contributed by atoms with E-state index in [2.05, 4.69) is 0 Å². The highest BCUT2D eigenvalue weighted by atomic mass is 16.7. The zero-order valence-electron chi connectivity index (χ0n) is 24.0. The molecule has 0 spiro atoms. The molecule has 0 unspecified atom stereocenters. The van der Waals surface area contributed by atoms with Crippen molar-refractivity contribution in [1.82, 2.24) is 0 Å². The molecule has 0 saturated carbocycles. The number of aliphatic hydroxyl groups is 16. The number of hydrogen-bond donors (Lipinski definition) is 16. The Morgan fingerprint density at radius 2 is 1.00 bits per heavy atom. The Labute approximate surface area is 260 Å². The lowest BCUT2D eigenvalue weighted by Gasteiger charge is -2.47. The lowest BCUT2D eigenvalue weighted by atomic mass is 9.96. The molecular weight excluding hydrogens is 640 g/mol.